The maximum atomic E-state index is 12.8. The molecule has 0 saturated heterocycles. The molecule has 11 heteroatoms. The first-order valence-corrected chi connectivity index (χ1v) is 9.24. The smallest absolute Gasteiger partial charge is 0.387 e. The quantitative estimate of drug-likeness (QED) is 0.266. The lowest BCUT2D eigenvalue weighted by Gasteiger charge is -2.15. The maximum absolute atomic E-state index is 12.8. The molecular weight excluding hydrogens is 525 g/mol. The van der Waals surface area contributed by atoms with Crippen molar-refractivity contribution in [2.75, 3.05) is 13.3 Å². The number of carbonyl (C=O) groups excluding carboxylic acids is 1. The number of aliphatic imine (C=N–C) groups is 1. The van der Waals surface area contributed by atoms with E-state index in [0.29, 0.717) is 35.1 Å². The first kappa shape index (κ1) is 24.4. The second-order valence-electron chi connectivity index (χ2n) is 6.31. The Bertz CT molecular complexity index is 943. The highest BCUT2D eigenvalue weighted by molar-refractivity contribution is 14.0. The number of benzene rings is 2. The number of guanidine groups is 1. The van der Waals surface area contributed by atoms with Crippen molar-refractivity contribution in [3.8, 4) is 17.2 Å². The number of alkyl halides is 2. The van der Waals surface area contributed by atoms with Crippen LogP contribution in [0.1, 0.15) is 28.4 Å². The van der Waals surface area contributed by atoms with Crippen LogP contribution in [-0.4, -0.2) is 31.8 Å². The maximum Gasteiger partial charge on any atom is 0.387 e. The van der Waals surface area contributed by atoms with Crippen molar-refractivity contribution in [1.29, 1.82) is 0 Å². The number of hydrogen-bond acceptors (Lipinski definition) is 5. The zero-order valence-corrected chi connectivity index (χ0v) is 19.0. The van der Waals surface area contributed by atoms with Crippen molar-refractivity contribution in [2.24, 2.45) is 10.7 Å². The molecule has 1 aliphatic rings. The van der Waals surface area contributed by atoms with Crippen LogP contribution in [0.4, 0.5) is 8.78 Å². The first-order valence-electron chi connectivity index (χ1n) is 9.24. The minimum absolute atomic E-state index is 0. The van der Waals surface area contributed by atoms with Crippen molar-refractivity contribution in [2.45, 2.75) is 26.6 Å². The third-order valence-electron chi connectivity index (χ3n) is 4.19. The van der Waals surface area contributed by atoms with E-state index >= 15 is 0 Å². The number of hydrogen-bond donors (Lipinski definition) is 3. The van der Waals surface area contributed by atoms with Crippen LogP contribution in [0, 0.1) is 0 Å². The molecule has 2 aromatic carbocycles. The lowest BCUT2D eigenvalue weighted by Crippen LogP contribution is -2.36. The Hall–Kier alpha value is -2.83. The molecular formula is C20H23F2IN4O4. The lowest BCUT2D eigenvalue weighted by molar-refractivity contribution is -0.0505. The standard InChI is InChI=1S/C20H22F2N4O4.HI/c1-2-24-20(25-9-12-4-3-5-13(6-12)18(23)27)26-10-14-7-16-17(29-11-28-16)8-15(14)30-19(21)22;/h3-8,19H,2,9-11H2,1H3,(H2,23,27)(H2,24,25,26);1H. The van der Waals surface area contributed by atoms with Crippen molar-refractivity contribution in [1.82, 2.24) is 10.6 Å². The molecule has 0 radical (unpaired) electrons. The summed E-state index contributed by atoms with van der Waals surface area (Å²) in [5.74, 6) is 0.748. The van der Waals surface area contributed by atoms with E-state index in [1.54, 1.807) is 24.3 Å². The molecule has 0 aliphatic carbocycles. The van der Waals surface area contributed by atoms with Crippen molar-refractivity contribution < 1.29 is 27.8 Å². The van der Waals surface area contributed by atoms with Crippen molar-refractivity contribution >= 4 is 35.8 Å². The Morgan fingerprint density at radius 2 is 1.97 bits per heavy atom. The van der Waals surface area contributed by atoms with Gasteiger partial charge in [0.15, 0.2) is 17.5 Å². The van der Waals surface area contributed by atoms with Gasteiger partial charge in [-0.15, -0.1) is 24.0 Å². The molecule has 0 fully saturated rings. The highest BCUT2D eigenvalue weighted by Gasteiger charge is 2.20. The number of nitrogens with zero attached hydrogens (tertiary/aromatic N) is 1. The molecule has 1 heterocycles. The average molecular weight is 548 g/mol. The fourth-order valence-electron chi connectivity index (χ4n) is 2.82. The van der Waals surface area contributed by atoms with Gasteiger partial charge in [-0.1, -0.05) is 12.1 Å². The number of nitrogens with one attached hydrogen (secondary N) is 2. The second kappa shape index (κ2) is 11.5. The molecule has 8 nitrogen and oxygen atoms in total. The van der Waals surface area contributed by atoms with Crippen LogP contribution in [-0.2, 0) is 13.1 Å². The molecule has 0 bridgehead atoms. The number of carbonyl (C=O) groups is 1. The van der Waals surface area contributed by atoms with Crippen LogP contribution >= 0.6 is 24.0 Å². The summed E-state index contributed by atoms with van der Waals surface area (Å²) in [6.07, 6.45) is 0. The molecule has 2 aromatic rings. The molecule has 1 amide bonds. The largest absolute Gasteiger partial charge is 0.454 e. The lowest BCUT2D eigenvalue weighted by atomic mass is 10.1. The number of fused-ring (bicyclic) bond motifs is 1. The van der Waals surface area contributed by atoms with Gasteiger partial charge in [-0.2, -0.15) is 8.78 Å². The zero-order valence-electron chi connectivity index (χ0n) is 16.7. The molecule has 4 N–H and O–H groups in total. The number of primary amides is 1. The highest BCUT2D eigenvalue weighted by Crippen LogP contribution is 2.38. The van der Waals surface area contributed by atoms with Crippen LogP contribution in [0.3, 0.4) is 0 Å². The zero-order chi connectivity index (χ0) is 21.5. The molecule has 0 spiro atoms. The van der Waals surface area contributed by atoms with Gasteiger partial charge in [0.1, 0.15) is 5.75 Å². The van der Waals surface area contributed by atoms with E-state index in [1.165, 1.54) is 6.07 Å². The molecule has 0 saturated carbocycles. The summed E-state index contributed by atoms with van der Waals surface area (Å²) in [6, 6.07) is 9.82. The van der Waals surface area contributed by atoms with Gasteiger partial charge in [0.25, 0.3) is 0 Å². The number of amides is 1. The minimum atomic E-state index is -2.97. The molecule has 31 heavy (non-hydrogen) atoms. The van der Waals surface area contributed by atoms with E-state index in [9.17, 15) is 13.6 Å². The topological polar surface area (TPSA) is 107 Å². The number of rotatable bonds is 8. The third-order valence-corrected chi connectivity index (χ3v) is 4.19. The summed E-state index contributed by atoms with van der Waals surface area (Å²) in [5.41, 5.74) is 6.96. The summed E-state index contributed by atoms with van der Waals surface area (Å²) in [5, 5.41) is 6.15. The Morgan fingerprint density at radius 3 is 2.65 bits per heavy atom. The summed E-state index contributed by atoms with van der Waals surface area (Å²) >= 11 is 0. The monoisotopic (exact) mass is 548 g/mol. The average Bonchev–Trinajstić information content (AvgIpc) is 3.17. The molecule has 0 atom stereocenters. The SMILES string of the molecule is CCNC(=NCc1cccc(C(N)=O)c1)NCc1cc2c(cc1OC(F)F)OCO2.I. The van der Waals surface area contributed by atoms with Crippen LogP contribution in [0.5, 0.6) is 17.2 Å². The number of ether oxygens (including phenoxy) is 3. The second-order valence-corrected chi connectivity index (χ2v) is 6.31. The molecule has 1 aliphatic heterocycles. The van der Waals surface area contributed by atoms with Crippen molar-refractivity contribution in [3.05, 3.63) is 53.1 Å². The normalized spacial score (nSPS) is 12.3. The van der Waals surface area contributed by atoms with E-state index in [-0.39, 0.29) is 49.6 Å². The van der Waals surface area contributed by atoms with Gasteiger partial charge >= 0.3 is 6.61 Å². The van der Waals surface area contributed by atoms with E-state index in [2.05, 4.69) is 20.4 Å². The highest BCUT2D eigenvalue weighted by atomic mass is 127. The summed E-state index contributed by atoms with van der Waals surface area (Å²) < 4.78 is 40.7. The third kappa shape index (κ3) is 6.84. The summed E-state index contributed by atoms with van der Waals surface area (Å²) in [4.78, 5) is 15.8. The van der Waals surface area contributed by atoms with Gasteiger partial charge in [-0.3, -0.25) is 4.79 Å². The van der Waals surface area contributed by atoms with Crippen LogP contribution in [0.25, 0.3) is 0 Å². The molecule has 0 unspecified atom stereocenters. The Balaban J connectivity index is 0.00000341. The van der Waals surface area contributed by atoms with Gasteiger partial charge in [-0.25, -0.2) is 4.99 Å². The van der Waals surface area contributed by atoms with Crippen LogP contribution < -0.4 is 30.6 Å². The van der Waals surface area contributed by atoms with E-state index < -0.39 is 12.5 Å². The predicted molar refractivity (Wildman–Crippen MR) is 121 cm³/mol. The number of nitrogens with two attached hydrogens (primary N) is 1. The van der Waals surface area contributed by atoms with E-state index in [1.807, 2.05) is 13.0 Å². The van der Waals surface area contributed by atoms with Gasteiger partial charge in [0.2, 0.25) is 12.7 Å². The predicted octanol–water partition coefficient (Wildman–Crippen LogP) is 2.99. The van der Waals surface area contributed by atoms with E-state index in [4.69, 9.17) is 15.2 Å². The fourth-order valence-corrected chi connectivity index (χ4v) is 2.82. The minimum Gasteiger partial charge on any atom is -0.454 e. The van der Waals surface area contributed by atoms with E-state index in [0.717, 1.165) is 5.56 Å². The van der Waals surface area contributed by atoms with Gasteiger partial charge in [0, 0.05) is 30.3 Å². The molecule has 0 aromatic heterocycles. The molecule has 3 rings (SSSR count). The Kier molecular flexibility index (Phi) is 9.09. The Morgan fingerprint density at radius 1 is 1.23 bits per heavy atom. The molecule has 168 valence electrons. The van der Waals surface area contributed by atoms with Crippen LogP contribution in [0.15, 0.2) is 41.4 Å². The number of halogens is 3. The Labute approximate surface area is 195 Å². The fraction of sp³-hybridized carbons (Fsp3) is 0.300. The van der Waals surface area contributed by atoms with Crippen LogP contribution in [0.2, 0.25) is 0 Å². The van der Waals surface area contributed by atoms with Crippen molar-refractivity contribution in [3.63, 3.8) is 0 Å². The summed E-state index contributed by atoms with van der Waals surface area (Å²) in [6.45, 7) is -0.00648. The first-order chi connectivity index (χ1) is 14.5. The summed E-state index contributed by atoms with van der Waals surface area (Å²) in [7, 11) is 0. The van der Waals surface area contributed by atoms with Gasteiger partial charge in [-0.05, 0) is 30.7 Å². The van der Waals surface area contributed by atoms with Gasteiger partial charge < -0.3 is 30.6 Å². The van der Waals surface area contributed by atoms with Gasteiger partial charge in [0.05, 0.1) is 6.54 Å².